The molecule has 0 aliphatic rings. The number of amides is 2. The summed E-state index contributed by atoms with van der Waals surface area (Å²) in [5, 5.41) is 9.70. The quantitative estimate of drug-likeness (QED) is 0.179. The molecule has 1 aromatic heterocycles. The lowest BCUT2D eigenvalue weighted by molar-refractivity contribution is -0.135. The van der Waals surface area contributed by atoms with Gasteiger partial charge in [-0.3, -0.25) is 9.59 Å². The third-order valence-electron chi connectivity index (χ3n) is 7.40. The molecule has 0 spiro atoms. The van der Waals surface area contributed by atoms with Crippen molar-refractivity contribution in [1.82, 2.24) is 14.9 Å². The van der Waals surface area contributed by atoms with Crippen LogP contribution in [-0.2, 0) is 17.8 Å². The van der Waals surface area contributed by atoms with Crippen molar-refractivity contribution in [3.05, 3.63) is 106 Å². The van der Waals surface area contributed by atoms with Crippen molar-refractivity contribution in [3.63, 3.8) is 0 Å². The van der Waals surface area contributed by atoms with Crippen molar-refractivity contribution >= 4 is 42.6 Å². The number of halogens is 2. The van der Waals surface area contributed by atoms with Crippen LogP contribution in [0.15, 0.2) is 66.9 Å². The molecule has 1 heterocycles. The number of nitrogens with zero attached hydrogens (tertiary/aromatic N) is 2. The highest BCUT2D eigenvalue weighted by molar-refractivity contribution is 5.93. The molecule has 12 heteroatoms. The molecule has 0 saturated heterocycles. The van der Waals surface area contributed by atoms with Crippen molar-refractivity contribution in [2.75, 3.05) is 7.11 Å². The summed E-state index contributed by atoms with van der Waals surface area (Å²) in [5.74, 6) is -1.23. The van der Waals surface area contributed by atoms with E-state index >= 15 is 0 Å². The van der Waals surface area contributed by atoms with E-state index in [0.717, 1.165) is 27.9 Å². The number of hydrogen-bond donors (Lipinski definition) is 4. The standard InChI is InChI=1S/C32H35N5O5.2ClH/c1-18-12-23(29(34)38)13-19(2)24(18)15-26(33)31(39)37(17-21-10-11-28(42-4)25(14-21)32(40)41)20(3)30-35-16-27(36-30)22-8-6-5-7-9-22;;/h5-14,16,20,26H,15,17,33H2,1-4H3,(H2,34,38)(H,35,36)(H,40,41);2*1H/t20-,26-;;/m0../s1. The fourth-order valence-electron chi connectivity index (χ4n) is 5.06. The lowest BCUT2D eigenvalue weighted by Crippen LogP contribution is -2.46. The van der Waals surface area contributed by atoms with Crippen LogP contribution in [0.4, 0.5) is 0 Å². The van der Waals surface area contributed by atoms with Gasteiger partial charge in [-0.15, -0.1) is 24.8 Å². The second-order valence-corrected chi connectivity index (χ2v) is 10.3. The number of aromatic nitrogens is 2. The number of ether oxygens (including phenoxy) is 1. The number of nitrogens with one attached hydrogen (secondary N) is 1. The summed E-state index contributed by atoms with van der Waals surface area (Å²) in [6.45, 7) is 5.63. The first-order chi connectivity index (χ1) is 20.0. The van der Waals surface area contributed by atoms with Gasteiger partial charge < -0.3 is 31.2 Å². The third kappa shape index (κ3) is 7.96. The largest absolute Gasteiger partial charge is 0.496 e. The number of nitrogens with two attached hydrogens (primary N) is 2. The van der Waals surface area contributed by atoms with Gasteiger partial charge in [0.15, 0.2) is 0 Å². The minimum atomic E-state index is -1.14. The second kappa shape index (κ2) is 15.4. The Kier molecular flexibility index (Phi) is 12.5. The molecule has 4 rings (SSSR count). The van der Waals surface area contributed by atoms with Crippen LogP contribution < -0.4 is 16.2 Å². The molecule has 0 radical (unpaired) electrons. The van der Waals surface area contributed by atoms with E-state index in [2.05, 4.69) is 9.97 Å². The van der Waals surface area contributed by atoms with Gasteiger partial charge >= 0.3 is 5.97 Å². The van der Waals surface area contributed by atoms with Crippen molar-refractivity contribution in [2.45, 2.75) is 45.8 Å². The maximum Gasteiger partial charge on any atom is 0.339 e. The van der Waals surface area contributed by atoms with Gasteiger partial charge in [0.2, 0.25) is 11.8 Å². The number of aromatic amines is 1. The van der Waals surface area contributed by atoms with Gasteiger partial charge in [0.25, 0.3) is 0 Å². The van der Waals surface area contributed by atoms with Crippen molar-refractivity contribution < 1.29 is 24.2 Å². The van der Waals surface area contributed by atoms with Crippen molar-refractivity contribution in [2.24, 2.45) is 11.5 Å². The summed E-state index contributed by atoms with van der Waals surface area (Å²) in [6, 6.07) is 16.4. The second-order valence-electron chi connectivity index (χ2n) is 10.3. The van der Waals surface area contributed by atoms with Gasteiger partial charge in [0, 0.05) is 12.1 Å². The van der Waals surface area contributed by atoms with E-state index < -0.39 is 24.0 Å². The predicted molar refractivity (Wildman–Crippen MR) is 174 cm³/mol. The van der Waals surface area contributed by atoms with E-state index in [1.54, 1.807) is 35.4 Å². The number of aryl methyl sites for hydroxylation is 2. The number of H-pyrrole nitrogens is 1. The van der Waals surface area contributed by atoms with E-state index in [4.69, 9.17) is 16.2 Å². The molecule has 0 aliphatic heterocycles. The highest BCUT2D eigenvalue weighted by Gasteiger charge is 2.29. The number of carboxylic acid groups (broad SMARTS) is 1. The highest BCUT2D eigenvalue weighted by Crippen LogP contribution is 2.28. The fraction of sp³-hybridized carbons (Fsp3) is 0.250. The predicted octanol–water partition coefficient (Wildman–Crippen LogP) is 5.00. The maximum atomic E-state index is 14.0. The molecule has 10 nitrogen and oxygen atoms in total. The van der Waals surface area contributed by atoms with Crippen LogP contribution in [0, 0.1) is 13.8 Å². The van der Waals surface area contributed by atoms with Gasteiger partial charge in [-0.2, -0.15) is 0 Å². The minimum absolute atomic E-state index is 0. The summed E-state index contributed by atoms with van der Waals surface area (Å²) < 4.78 is 5.20. The Morgan fingerprint density at radius 1 is 1.02 bits per heavy atom. The molecule has 2 amide bonds. The van der Waals surface area contributed by atoms with Gasteiger partial charge in [-0.25, -0.2) is 9.78 Å². The summed E-state index contributed by atoms with van der Waals surface area (Å²) in [6.07, 6.45) is 1.95. The number of methoxy groups -OCH3 is 1. The third-order valence-corrected chi connectivity index (χ3v) is 7.40. The van der Waals surface area contributed by atoms with E-state index in [-0.39, 0.29) is 55.0 Å². The highest BCUT2D eigenvalue weighted by atomic mass is 35.5. The van der Waals surface area contributed by atoms with Crippen LogP contribution in [0.3, 0.4) is 0 Å². The number of imidazole rings is 1. The van der Waals surface area contributed by atoms with Gasteiger partial charge in [0.1, 0.15) is 17.1 Å². The summed E-state index contributed by atoms with van der Waals surface area (Å²) in [4.78, 5) is 47.1. The Balaban J connectivity index is 0.00000337. The lowest BCUT2D eigenvalue weighted by Gasteiger charge is -2.31. The topological polar surface area (TPSA) is 165 Å². The molecule has 0 fully saturated rings. The SMILES string of the molecule is COc1ccc(CN(C(=O)[C@@H](N)Cc2c(C)cc(C(N)=O)cc2C)[C@@H](C)c2ncc(-c3ccccc3)[nH]2)cc1C(=O)O.Cl.Cl. The number of aromatic carboxylic acids is 1. The molecule has 0 aliphatic carbocycles. The van der Waals surface area contributed by atoms with Crippen molar-refractivity contribution in [1.29, 1.82) is 0 Å². The number of primary amides is 1. The van der Waals surface area contributed by atoms with Crippen LogP contribution in [0.1, 0.15) is 61.8 Å². The Hall–Kier alpha value is -4.38. The van der Waals surface area contributed by atoms with Gasteiger partial charge in [-0.05, 0) is 79.3 Å². The Morgan fingerprint density at radius 2 is 1.66 bits per heavy atom. The number of rotatable bonds is 11. The van der Waals surface area contributed by atoms with Gasteiger partial charge in [0.05, 0.1) is 31.1 Å². The zero-order valence-corrected chi connectivity index (χ0v) is 26.5. The van der Waals surface area contributed by atoms with Gasteiger partial charge in [-0.1, -0.05) is 36.4 Å². The molecule has 0 bridgehead atoms. The normalized spacial score (nSPS) is 11.8. The van der Waals surface area contributed by atoms with Crippen LogP contribution >= 0.6 is 24.8 Å². The number of hydrogen-bond acceptors (Lipinski definition) is 6. The molecular weight excluding hydrogens is 605 g/mol. The van der Waals surface area contributed by atoms with Crippen molar-refractivity contribution in [3.8, 4) is 17.0 Å². The van der Waals surface area contributed by atoms with E-state index in [1.807, 2.05) is 51.1 Å². The van der Waals surface area contributed by atoms with E-state index in [0.29, 0.717) is 17.0 Å². The molecule has 3 aromatic carbocycles. The van der Waals surface area contributed by atoms with Crippen LogP contribution in [-0.4, -0.2) is 50.9 Å². The number of carboxylic acids is 1. The first-order valence-electron chi connectivity index (χ1n) is 13.5. The zero-order valence-electron chi connectivity index (χ0n) is 24.9. The number of carbonyl (C=O) groups excluding carboxylic acids is 2. The molecule has 4 aromatic rings. The molecule has 44 heavy (non-hydrogen) atoms. The fourth-order valence-corrected chi connectivity index (χ4v) is 5.06. The molecule has 0 saturated carbocycles. The van der Waals surface area contributed by atoms with E-state index in [1.165, 1.54) is 13.2 Å². The first kappa shape index (κ1) is 35.8. The Morgan fingerprint density at radius 3 is 2.23 bits per heavy atom. The molecule has 6 N–H and O–H groups in total. The molecular formula is C32H37Cl2N5O5. The summed E-state index contributed by atoms with van der Waals surface area (Å²) in [5.41, 5.74) is 17.2. The van der Waals surface area contributed by atoms with Crippen LogP contribution in [0.2, 0.25) is 0 Å². The number of benzene rings is 3. The lowest BCUT2D eigenvalue weighted by atomic mass is 9.93. The minimum Gasteiger partial charge on any atom is -0.496 e. The summed E-state index contributed by atoms with van der Waals surface area (Å²) in [7, 11) is 1.40. The Labute approximate surface area is 268 Å². The monoisotopic (exact) mass is 641 g/mol. The Bertz CT molecular complexity index is 1600. The molecule has 234 valence electrons. The first-order valence-corrected chi connectivity index (χ1v) is 13.5. The zero-order chi connectivity index (χ0) is 30.6. The average Bonchev–Trinajstić information content (AvgIpc) is 3.47. The molecule has 0 unspecified atom stereocenters. The molecule has 2 atom stereocenters. The van der Waals surface area contributed by atoms with Crippen LogP contribution in [0.5, 0.6) is 5.75 Å². The van der Waals surface area contributed by atoms with Crippen LogP contribution in [0.25, 0.3) is 11.3 Å². The smallest absolute Gasteiger partial charge is 0.339 e. The summed E-state index contributed by atoms with van der Waals surface area (Å²) >= 11 is 0. The van der Waals surface area contributed by atoms with E-state index in [9.17, 15) is 19.5 Å². The maximum absolute atomic E-state index is 14.0. The number of carbonyl (C=O) groups is 3. The average molecular weight is 643 g/mol.